The number of rotatable bonds is 3. The van der Waals surface area contributed by atoms with Crippen LogP contribution in [0.5, 0.6) is 0 Å². The lowest BCUT2D eigenvalue weighted by molar-refractivity contribution is 0.378. The first-order chi connectivity index (χ1) is 4.31. The van der Waals surface area contributed by atoms with Crippen molar-refractivity contribution in [3.8, 4) is 0 Å². The van der Waals surface area contributed by atoms with Gasteiger partial charge in [-0.2, -0.15) is 0 Å². The normalized spacial score (nSPS) is 8.67. The molecule has 9 heavy (non-hydrogen) atoms. The first-order valence-electron chi connectivity index (χ1n) is 3.07. The van der Waals surface area contributed by atoms with Crippen LogP contribution < -0.4 is 5.32 Å². The van der Waals surface area contributed by atoms with E-state index < -0.39 is 0 Å². The minimum absolute atomic E-state index is 0.458. The Morgan fingerprint density at radius 1 is 1.67 bits per heavy atom. The van der Waals surface area contributed by atoms with E-state index in [4.69, 9.17) is 17.0 Å². The average Bonchev–Trinajstić information content (AvgIpc) is 1.85. The number of nitrogens with one attached hydrogen (secondary N) is 1. The Balaban J connectivity index is 3.06. The van der Waals surface area contributed by atoms with Gasteiger partial charge in [-0.25, -0.2) is 0 Å². The Morgan fingerprint density at radius 3 is 2.78 bits per heavy atom. The van der Waals surface area contributed by atoms with Gasteiger partial charge < -0.3 is 10.1 Å². The van der Waals surface area contributed by atoms with Crippen molar-refractivity contribution in [2.75, 3.05) is 6.54 Å². The Morgan fingerprint density at radius 2 is 2.33 bits per heavy atom. The molecule has 0 heterocycles. The van der Waals surface area contributed by atoms with Crippen LogP contribution in [0.25, 0.3) is 0 Å². The molecular weight excluding hydrogens is 134 g/mol. The Bertz CT molecular complexity index is 85.1. The highest BCUT2D eigenvalue weighted by Crippen LogP contribution is 1.87. The first kappa shape index (κ1) is 8.69. The van der Waals surface area contributed by atoms with Gasteiger partial charge in [-0.3, -0.25) is 0 Å². The molecule has 3 heteroatoms. The predicted molar refractivity (Wildman–Crippen MR) is 42.0 cm³/mol. The third-order valence-electron chi connectivity index (χ3n) is 0.678. The monoisotopic (exact) mass is 146 g/mol. The van der Waals surface area contributed by atoms with E-state index in [0.29, 0.717) is 5.17 Å². The highest BCUT2D eigenvalue weighted by Gasteiger charge is 1.90. The van der Waals surface area contributed by atoms with Gasteiger partial charge in [-0.15, -0.1) is 0 Å². The molecule has 53 valence electrons. The minimum Gasteiger partial charge on any atom is -0.464 e. The van der Waals surface area contributed by atoms with E-state index in [-0.39, 0.29) is 0 Å². The van der Waals surface area contributed by atoms with Crippen LogP contribution in [0.1, 0.15) is 20.3 Å². The molecule has 0 saturated heterocycles. The molecule has 1 N–H and O–H groups in total. The molecule has 0 unspecified atom stereocenters. The lowest BCUT2D eigenvalue weighted by atomic mass is 10.5. The summed E-state index contributed by atoms with van der Waals surface area (Å²) in [5, 5.41) is 3.32. The Kier molecular flexibility index (Phi) is 5.62. The zero-order chi connectivity index (χ0) is 7.11. The van der Waals surface area contributed by atoms with E-state index in [2.05, 4.69) is 5.32 Å². The molecule has 2 nitrogen and oxygen atoms in total. The molecule has 0 spiro atoms. The van der Waals surface area contributed by atoms with Crippen LogP contribution in [-0.2, 0) is 4.74 Å². The molecular formula is C6H12NOS. The van der Waals surface area contributed by atoms with E-state index in [1.165, 1.54) is 0 Å². The maximum atomic E-state index is 4.93. The largest absolute Gasteiger partial charge is 0.464 e. The third-order valence-corrected chi connectivity index (χ3v) is 0.919. The van der Waals surface area contributed by atoms with Crippen LogP contribution >= 0.6 is 12.2 Å². The molecule has 0 aliphatic rings. The predicted octanol–water partition coefficient (Wildman–Crippen LogP) is 1.47. The fourth-order valence-electron chi connectivity index (χ4n) is 0.345. The molecule has 0 atom stereocenters. The van der Waals surface area contributed by atoms with Crippen LogP contribution in [0, 0.1) is 6.61 Å². The number of hydrogen-bond donors (Lipinski definition) is 1. The molecule has 0 bridgehead atoms. The molecule has 1 radical (unpaired) electrons. The fourth-order valence-corrected chi connectivity index (χ4v) is 0.557. The summed E-state index contributed by atoms with van der Waals surface area (Å²) in [6.07, 6.45) is 0.880. The summed E-state index contributed by atoms with van der Waals surface area (Å²) in [7, 11) is 0. The molecule has 0 saturated carbocycles. The van der Waals surface area contributed by atoms with Crippen LogP contribution in [0.15, 0.2) is 0 Å². The summed E-state index contributed by atoms with van der Waals surface area (Å²) in [5.41, 5.74) is 0. The van der Waals surface area contributed by atoms with Gasteiger partial charge in [0.15, 0.2) is 0 Å². The van der Waals surface area contributed by atoms with Crippen molar-refractivity contribution < 1.29 is 4.74 Å². The molecule has 0 amide bonds. The highest BCUT2D eigenvalue weighted by molar-refractivity contribution is 7.80. The van der Waals surface area contributed by atoms with Gasteiger partial charge >= 0.3 is 0 Å². The zero-order valence-corrected chi connectivity index (χ0v) is 6.62. The number of hydrogen-bond acceptors (Lipinski definition) is 2. The molecule has 0 rings (SSSR count). The van der Waals surface area contributed by atoms with Crippen molar-refractivity contribution in [2.45, 2.75) is 20.3 Å². The molecule has 0 aromatic carbocycles. The molecule has 0 aliphatic carbocycles. The van der Waals surface area contributed by atoms with E-state index in [0.717, 1.165) is 13.0 Å². The number of thiocarbonyl (C=S) groups is 1. The van der Waals surface area contributed by atoms with Gasteiger partial charge in [0.25, 0.3) is 5.17 Å². The summed E-state index contributed by atoms with van der Waals surface area (Å²) in [5.74, 6) is 0. The first-order valence-corrected chi connectivity index (χ1v) is 3.48. The van der Waals surface area contributed by atoms with Gasteiger partial charge in [0.2, 0.25) is 0 Å². The standard InChI is InChI=1S/C6H12NOS/c1-3-5-8-6(9)7-4-2/h5H,3-4H2,1-2H3,(H,7,9). The van der Waals surface area contributed by atoms with Crippen molar-refractivity contribution in [1.82, 2.24) is 5.32 Å². The van der Waals surface area contributed by atoms with Gasteiger partial charge in [0, 0.05) is 6.54 Å². The second kappa shape index (κ2) is 5.82. The smallest absolute Gasteiger partial charge is 0.257 e. The van der Waals surface area contributed by atoms with Crippen molar-refractivity contribution in [1.29, 1.82) is 0 Å². The third kappa shape index (κ3) is 5.56. The second-order valence-corrected chi connectivity index (χ2v) is 1.88. The topological polar surface area (TPSA) is 21.3 Å². The summed E-state index contributed by atoms with van der Waals surface area (Å²) in [4.78, 5) is 0. The van der Waals surface area contributed by atoms with Crippen LogP contribution in [0.3, 0.4) is 0 Å². The molecule has 0 aliphatic heterocycles. The van der Waals surface area contributed by atoms with Crippen LogP contribution in [0.2, 0.25) is 0 Å². The van der Waals surface area contributed by atoms with Crippen LogP contribution in [0.4, 0.5) is 0 Å². The SMILES string of the molecule is CC[CH]OC(=S)NCC. The summed E-state index contributed by atoms with van der Waals surface area (Å²) < 4.78 is 4.93. The van der Waals surface area contributed by atoms with E-state index in [1.807, 2.05) is 13.8 Å². The summed E-state index contributed by atoms with van der Waals surface area (Å²) in [6.45, 7) is 6.46. The number of ether oxygens (including phenoxy) is 1. The van der Waals surface area contributed by atoms with E-state index in [9.17, 15) is 0 Å². The molecule has 0 fully saturated rings. The second-order valence-electron chi connectivity index (χ2n) is 1.51. The van der Waals surface area contributed by atoms with Gasteiger partial charge in [-0.1, -0.05) is 6.92 Å². The average molecular weight is 146 g/mol. The van der Waals surface area contributed by atoms with Crippen molar-refractivity contribution in [3.63, 3.8) is 0 Å². The molecule has 0 aromatic heterocycles. The van der Waals surface area contributed by atoms with Gasteiger partial charge in [-0.05, 0) is 25.6 Å². The van der Waals surface area contributed by atoms with Crippen molar-refractivity contribution in [2.24, 2.45) is 0 Å². The highest BCUT2D eigenvalue weighted by atomic mass is 32.1. The van der Waals surface area contributed by atoms with Crippen LogP contribution in [-0.4, -0.2) is 11.7 Å². The Labute approximate surface area is 61.6 Å². The molecule has 0 aromatic rings. The fraction of sp³-hybridized carbons (Fsp3) is 0.667. The van der Waals surface area contributed by atoms with Gasteiger partial charge in [0.05, 0.1) is 0 Å². The lowest BCUT2D eigenvalue weighted by Crippen LogP contribution is -2.22. The zero-order valence-electron chi connectivity index (χ0n) is 5.81. The van der Waals surface area contributed by atoms with E-state index in [1.54, 1.807) is 6.61 Å². The maximum absolute atomic E-state index is 4.93. The maximum Gasteiger partial charge on any atom is 0.257 e. The quantitative estimate of drug-likeness (QED) is 0.609. The lowest BCUT2D eigenvalue weighted by Gasteiger charge is -2.04. The summed E-state index contributed by atoms with van der Waals surface area (Å²) >= 11 is 4.75. The Hall–Kier alpha value is -0.310. The van der Waals surface area contributed by atoms with Crippen molar-refractivity contribution >= 4 is 17.4 Å². The van der Waals surface area contributed by atoms with E-state index >= 15 is 0 Å². The van der Waals surface area contributed by atoms with Crippen molar-refractivity contribution in [3.05, 3.63) is 6.61 Å². The summed E-state index contributed by atoms with van der Waals surface area (Å²) in [6, 6.07) is 0. The van der Waals surface area contributed by atoms with Gasteiger partial charge in [0.1, 0.15) is 6.61 Å². The minimum atomic E-state index is 0.458.